The Morgan fingerprint density at radius 2 is 2.15 bits per heavy atom. The highest BCUT2D eigenvalue weighted by Gasteiger charge is 2.38. The van der Waals surface area contributed by atoms with E-state index in [1.807, 2.05) is 4.90 Å². The maximum Gasteiger partial charge on any atom is 0.259 e. The average Bonchev–Trinajstić information content (AvgIpc) is 3.57. The number of anilines is 2. The Morgan fingerprint density at radius 1 is 1.27 bits per heavy atom. The number of methoxy groups -OCH3 is 1. The number of carbonyl (C=O) groups excluding carboxylic acids is 2. The van der Waals surface area contributed by atoms with Gasteiger partial charge in [-0.2, -0.15) is 19.5 Å². The molecular formula is C20H25N9O4. The van der Waals surface area contributed by atoms with Crippen LogP contribution < -0.4 is 10.6 Å². The standard InChI is InChI=1S/C20H25N9O4/c1-32-11-9-26-7-8-27(12-15(26)30)17(31)13-4-2-6-28(13)19-23-18(21)29-20(24-19)22-16(25-29)14-5-3-10-33-14/h3,5,10,13H,2,4,6-9,11-12H2,1H3,(H2,21,22,23,24,25)/t13-/m0/s1. The van der Waals surface area contributed by atoms with Crippen molar-refractivity contribution in [2.45, 2.75) is 18.9 Å². The molecule has 2 aliphatic heterocycles. The smallest absolute Gasteiger partial charge is 0.259 e. The Morgan fingerprint density at radius 3 is 2.91 bits per heavy atom. The number of hydrogen-bond acceptors (Lipinski definition) is 10. The number of nitrogens with zero attached hydrogens (tertiary/aromatic N) is 8. The van der Waals surface area contributed by atoms with Crippen LogP contribution in [0.25, 0.3) is 17.4 Å². The van der Waals surface area contributed by atoms with E-state index >= 15 is 0 Å². The summed E-state index contributed by atoms with van der Waals surface area (Å²) in [5, 5.41) is 4.30. The highest BCUT2D eigenvalue weighted by atomic mass is 16.5. The highest BCUT2D eigenvalue weighted by Crippen LogP contribution is 2.26. The number of rotatable bonds is 6. The summed E-state index contributed by atoms with van der Waals surface area (Å²) in [5.41, 5.74) is 6.13. The lowest BCUT2D eigenvalue weighted by atomic mass is 10.1. The fraction of sp³-hybridized carbons (Fsp3) is 0.500. The van der Waals surface area contributed by atoms with Gasteiger partial charge in [0.25, 0.3) is 5.78 Å². The molecule has 2 N–H and O–H groups in total. The zero-order valence-electron chi connectivity index (χ0n) is 18.3. The normalized spacial score (nSPS) is 19.1. The van der Waals surface area contributed by atoms with Gasteiger partial charge in [-0.25, -0.2) is 0 Å². The number of nitrogens with two attached hydrogens (primary N) is 1. The zero-order valence-corrected chi connectivity index (χ0v) is 18.3. The topological polar surface area (TPSA) is 148 Å². The quantitative estimate of drug-likeness (QED) is 0.523. The van der Waals surface area contributed by atoms with E-state index in [0.29, 0.717) is 56.7 Å². The van der Waals surface area contributed by atoms with Crippen molar-refractivity contribution < 1.29 is 18.7 Å². The maximum atomic E-state index is 13.3. The molecule has 0 bridgehead atoms. The molecule has 0 radical (unpaired) electrons. The van der Waals surface area contributed by atoms with Crippen LogP contribution in [-0.4, -0.2) is 98.7 Å². The third-order valence-electron chi connectivity index (χ3n) is 5.95. The fourth-order valence-corrected chi connectivity index (χ4v) is 4.24. The molecule has 0 unspecified atom stereocenters. The van der Waals surface area contributed by atoms with Crippen molar-refractivity contribution >= 4 is 29.5 Å². The van der Waals surface area contributed by atoms with Crippen molar-refractivity contribution in [3.63, 3.8) is 0 Å². The van der Waals surface area contributed by atoms with E-state index < -0.39 is 6.04 Å². The first-order valence-electron chi connectivity index (χ1n) is 10.8. The van der Waals surface area contributed by atoms with Gasteiger partial charge in [0.05, 0.1) is 19.4 Å². The second-order valence-corrected chi connectivity index (χ2v) is 7.99. The second kappa shape index (κ2) is 8.65. The molecule has 3 aromatic rings. The predicted octanol–water partition coefficient (Wildman–Crippen LogP) is -0.352. The Bertz CT molecular complexity index is 1160. The van der Waals surface area contributed by atoms with Crippen molar-refractivity contribution in [1.82, 2.24) is 34.4 Å². The second-order valence-electron chi connectivity index (χ2n) is 7.99. The third kappa shape index (κ3) is 3.95. The Labute approximate surface area is 189 Å². The summed E-state index contributed by atoms with van der Waals surface area (Å²) in [7, 11) is 1.60. The summed E-state index contributed by atoms with van der Waals surface area (Å²) in [6, 6.07) is 3.02. The number of nitrogen functional groups attached to an aromatic ring is 1. The summed E-state index contributed by atoms with van der Waals surface area (Å²) in [4.78, 5) is 44.2. The van der Waals surface area contributed by atoms with E-state index in [9.17, 15) is 9.59 Å². The van der Waals surface area contributed by atoms with Crippen molar-refractivity contribution in [3.05, 3.63) is 18.4 Å². The summed E-state index contributed by atoms with van der Waals surface area (Å²) in [6.07, 6.45) is 2.98. The van der Waals surface area contributed by atoms with Crippen LogP contribution in [-0.2, 0) is 14.3 Å². The van der Waals surface area contributed by atoms with Crippen molar-refractivity contribution in [3.8, 4) is 11.6 Å². The maximum absolute atomic E-state index is 13.3. The first kappa shape index (κ1) is 21.1. The number of amides is 2. The van der Waals surface area contributed by atoms with E-state index in [2.05, 4.69) is 20.1 Å². The van der Waals surface area contributed by atoms with E-state index in [-0.39, 0.29) is 30.1 Å². The van der Waals surface area contributed by atoms with E-state index in [4.69, 9.17) is 14.9 Å². The molecule has 0 aliphatic carbocycles. The molecule has 2 fully saturated rings. The molecule has 0 spiro atoms. The molecule has 13 nitrogen and oxygen atoms in total. The lowest BCUT2D eigenvalue weighted by Crippen LogP contribution is -2.56. The minimum atomic E-state index is -0.461. The first-order chi connectivity index (χ1) is 16.0. The Hall–Kier alpha value is -3.74. The zero-order chi connectivity index (χ0) is 22.9. The summed E-state index contributed by atoms with van der Waals surface area (Å²) in [5.74, 6) is 1.35. The number of aromatic nitrogens is 5. The van der Waals surface area contributed by atoms with Crippen LogP contribution in [0.4, 0.5) is 11.9 Å². The van der Waals surface area contributed by atoms with Gasteiger partial charge in [-0.1, -0.05) is 0 Å². The molecule has 0 saturated carbocycles. The summed E-state index contributed by atoms with van der Waals surface area (Å²) < 4.78 is 11.7. The van der Waals surface area contributed by atoms with Crippen LogP contribution in [0.15, 0.2) is 22.8 Å². The summed E-state index contributed by atoms with van der Waals surface area (Å²) >= 11 is 0. The number of hydrogen-bond donors (Lipinski definition) is 1. The molecular weight excluding hydrogens is 430 g/mol. The largest absolute Gasteiger partial charge is 0.461 e. The predicted molar refractivity (Wildman–Crippen MR) is 116 cm³/mol. The van der Waals surface area contributed by atoms with Crippen LogP contribution in [0.5, 0.6) is 0 Å². The van der Waals surface area contributed by atoms with Gasteiger partial charge >= 0.3 is 0 Å². The van der Waals surface area contributed by atoms with E-state index in [1.54, 1.807) is 29.0 Å². The molecule has 3 aromatic heterocycles. The van der Waals surface area contributed by atoms with E-state index in [0.717, 1.165) is 6.42 Å². The Kier molecular flexibility index (Phi) is 5.54. The van der Waals surface area contributed by atoms with Crippen LogP contribution in [0.1, 0.15) is 12.8 Å². The number of carbonyl (C=O) groups is 2. The summed E-state index contributed by atoms with van der Waals surface area (Å²) in [6.45, 7) is 2.64. The minimum Gasteiger partial charge on any atom is -0.461 e. The van der Waals surface area contributed by atoms with Crippen molar-refractivity contribution in [1.29, 1.82) is 0 Å². The molecule has 33 heavy (non-hydrogen) atoms. The number of fused-ring (bicyclic) bond motifs is 1. The number of ether oxygens (including phenoxy) is 1. The van der Waals surface area contributed by atoms with Crippen LogP contribution >= 0.6 is 0 Å². The number of piperazine rings is 1. The van der Waals surface area contributed by atoms with Gasteiger partial charge in [-0.15, -0.1) is 5.10 Å². The Balaban J connectivity index is 1.35. The van der Waals surface area contributed by atoms with Crippen LogP contribution in [0, 0.1) is 0 Å². The first-order valence-corrected chi connectivity index (χ1v) is 10.8. The average molecular weight is 455 g/mol. The van der Waals surface area contributed by atoms with Gasteiger partial charge in [0.1, 0.15) is 6.04 Å². The number of furan rings is 1. The van der Waals surface area contributed by atoms with Gasteiger partial charge in [0.2, 0.25) is 29.5 Å². The molecule has 13 heteroatoms. The van der Waals surface area contributed by atoms with Gasteiger partial charge in [-0.3, -0.25) is 9.59 Å². The monoisotopic (exact) mass is 455 g/mol. The SMILES string of the molecule is COCCN1CCN(C(=O)[C@@H]2CCCN2c2nc(N)n3nc(-c4ccco4)nc3n2)CC1=O. The molecule has 2 amide bonds. The van der Waals surface area contributed by atoms with Crippen molar-refractivity contribution in [2.24, 2.45) is 0 Å². The molecule has 2 aliphatic rings. The molecule has 5 rings (SSSR count). The molecule has 2 saturated heterocycles. The van der Waals surface area contributed by atoms with Gasteiger partial charge in [0, 0.05) is 33.3 Å². The van der Waals surface area contributed by atoms with Gasteiger partial charge in [-0.05, 0) is 25.0 Å². The molecule has 1 atom stereocenters. The highest BCUT2D eigenvalue weighted by molar-refractivity contribution is 5.90. The van der Waals surface area contributed by atoms with Gasteiger partial charge < -0.3 is 29.6 Å². The van der Waals surface area contributed by atoms with Crippen LogP contribution in [0.3, 0.4) is 0 Å². The van der Waals surface area contributed by atoms with Crippen molar-refractivity contribution in [2.75, 3.05) is 57.1 Å². The molecule has 5 heterocycles. The fourth-order valence-electron chi connectivity index (χ4n) is 4.24. The van der Waals surface area contributed by atoms with E-state index in [1.165, 1.54) is 10.8 Å². The van der Waals surface area contributed by atoms with Gasteiger partial charge in [0.15, 0.2) is 5.76 Å². The van der Waals surface area contributed by atoms with Crippen LogP contribution in [0.2, 0.25) is 0 Å². The minimum absolute atomic E-state index is 0.0611. The molecule has 0 aromatic carbocycles. The molecule has 174 valence electrons. The lowest BCUT2D eigenvalue weighted by Gasteiger charge is -2.36. The third-order valence-corrected chi connectivity index (χ3v) is 5.95. The lowest BCUT2D eigenvalue weighted by molar-refractivity contribution is -0.146.